The molecule has 0 saturated heterocycles. The number of hydrogen-bond acceptors (Lipinski definition) is 2. The summed E-state index contributed by atoms with van der Waals surface area (Å²) in [5.41, 5.74) is 1.02. The Morgan fingerprint density at radius 3 is 2.68 bits per heavy atom. The summed E-state index contributed by atoms with van der Waals surface area (Å²) in [7, 11) is 1.93. The highest BCUT2D eigenvalue weighted by molar-refractivity contribution is 6.30. The zero-order valence-corrected chi connectivity index (χ0v) is 13.7. The first kappa shape index (κ1) is 16.4. The predicted molar refractivity (Wildman–Crippen MR) is 87.6 cm³/mol. The minimum Gasteiger partial charge on any atom is -0.337 e. The predicted octanol–water partition coefficient (Wildman–Crippen LogP) is 3.20. The molecule has 0 fully saturated rings. The van der Waals surface area contributed by atoms with Crippen molar-refractivity contribution in [1.29, 1.82) is 0 Å². The zero-order valence-electron chi connectivity index (χ0n) is 12.9. The van der Waals surface area contributed by atoms with E-state index in [9.17, 15) is 4.79 Å². The molecule has 2 rings (SSSR count). The van der Waals surface area contributed by atoms with E-state index < -0.39 is 0 Å². The minimum atomic E-state index is -0.0835. The summed E-state index contributed by atoms with van der Waals surface area (Å²) in [5.74, 6) is 0.870. The molecule has 1 N–H and O–H groups in total. The van der Waals surface area contributed by atoms with Crippen molar-refractivity contribution >= 4 is 17.6 Å². The van der Waals surface area contributed by atoms with E-state index in [1.54, 1.807) is 11.1 Å². The first-order chi connectivity index (χ1) is 10.6. The molecule has 0 radical (unpaired) electrons. The van der Waals surface area contributed by atoms with Gasteiger partial charge in [0.05, 0.1) is 6.54 Å². The van der Waals surface area contributed by atoms with Crippen molar-refractivity contribution in [3.63, 3.8) is 0 Å². The quantitative estimate of drug-likeness (QED) is 0.888. The number of urea groups is 1. The van der Waals surface area contributed by atoms with Crippen LogP contribution in [0, 0.1) is 0 Å². The minimum absolute atomic E-state index is 0.0835. The first-order valence-corrected chi connectivity index (χ1v) is 7.71. The number of rotatable bonds is 6. The average molecular weight is 321 g/mol. The van der Waals surface area contributed by atoms with Crippen LogP contribution < -0.4 is 5.32 Å². The van der Waals surface area contributed by atoms with E-state index in [2.05, 4.69) is 17.2 Å². The molecule has 0 bridgehead atoms. The molecule has 2 aromatic rings. The molecule has 0 aliphatic heterocycles. The molecular weight excluding hydrogens is 300 g/mol. The van der Waals surface area contributed by atoms with Gasteiger partial charge in [0.25, 0.3) is 0 Å². The zero-order chi connectivity index (χ0) is 15.9. The van der Waals surface area contributed by atoms with Crippen molar-refractivity contribution in [2.24, 2.45) is 7.05 Å². The number of carbonyl (C=O) groups excluding carboxylic acids is 1. The number of nitrogens with one attached hydrogen (secondary N) is 1. The number of nitrogens with zero attached hydrogens (tertiary/aromatic N) is 3. The van der Waals surface area contributed by atoms with E-state index in [-0.39, 0.29) is 6.03 Å². The van der Waals surface area contributed by atoms with Crippen LogP contribution in [0.15, 0.2) is 36.7 Å². The van der Waals surface area contributed by atoms with Gasteiger partial charge in [-0.2, -0.15) is 0 Å². The number of aryl methyl sites for hydroxylation is 1. The van der Waals surface area contributed by atoms with Gasteiger partial charge in [0.1, 0.15) is 5.82 Å². The lowest BCUT2D eigenvalue weighted by molar-refractivity contribution is 0.192. The Balaban J connectivity index is 1.94. The van der Waals surface area contributed by atoms with E-state index in [1.807, 2.05) is 42.1 Å². The Bertz CT molecular complexity index is 609. The Hall–Kier alpha value is -2.01. The largest absolute Gasteiger partial charge is 0.337 e. The van der Waals surface area contributed by atoms with Crippen LogP contribution in [0.3, 0.4) is 0 Å². The molecule has 0 aliphatic rings. The van der Waals surface area contributed by atoms with Gasteiger partial charge in [-0.15, -0.1) is 0 Å². The lowest BCUT2D eigenvalue weighted by atomic mass is 10.2. The van der Waals surface area contributed by atoms with Gasteiger partial charge >= 0.3 is 6.03 Å². The SMILES string of the molecule is CCCN(Cc1nccn1C)C(=O)NCc1ccc(Cl)cc1. The standard InChI is InChI=1S/C16H21ClN4O/c1-3-9-21(12-15-18-8-10-20(15)2)16(22)19-11-13-4-6-14(17)7-5-13/h4-8,10H,3,9,11-12H2,1-2H3,(H,19,22). The third-order valence-corrected chi connectivity index (χ3v) is 3.64. The Labute approximate surface area is 135 Å². The molecular formula is C16H21ClN4O. The molecule has 5 nitrogen and oxygen atoms in total. The van der Waals surface area contributed by atoms with Gasteiger partial charge in [-0.3, -0.25) is 0 Å². The highest BCUT2D eigenvalue weighted by Crippen LogP contribution is 2.09. The molecule has 0 aliphatic carbocycles. The van der Waals surface area contributed by atoms with Gasteiger partial charge < -0.3 is 14.8 Å². The Kier molecular flexibility index (Phi) is 5.83. The Morgan fingerprint density at radius 1 is 1.36 bits per heavy atom. The lowest BCUT2D eigenvalue weighted by Crippen LogP contribution is -2.40. The maximum Gasteiger partial charge on any atom is 0.318 e. The fraction of sp³-hybridized carbons (Fsp3) is 0.375. The fourth-order valence-corrected chi connectivity index (χ4v) is 2.26. The molecule has 1 aromatic carbocycles. The summed E-state index contributed by atoms with van der Waals surface area (Å²) in [5, 5.41) is 3.63. The van der Waals surface area contributed by atoms with Crippen molar-refractivity contribution in [1.82, 2.24) is 19.8 Å². The third-order valence-electron chi connectivity index (χ3n) is 3.39. The van der Waals surface area contributed by atoms with Crippen molar-refractivity contribution < 1.29 is 4.79 Å². The number of aromatic nitrogens is 2. The highest BCUT2D eigenvalue weighted by atomic mass is 35.5. The van der Waals surface area contributed by atoms with Crippen LogP contribution in [-0.4, -0.2) is 27.0 Å². The number of halogens is 1. The molecule has 0 atom stereocenters. The van der Waals surface area contributed by atoms with Crippen LogP contribution >= 0.6 is 11.6 Å². The van der Waals surface area contributed by atoms with Crippen LogP contribution in [0.4, 0.5) is 4.79 Å². The maximum absolute atomic E-state index is 12.4. The molecule has 1 aromatic heterocycles. The van der Waals surface area contributed by atoms with Crippen LogP contribution in [0.1, 0.15) is 24.7 Å². The van der Waals surface area contributed by atoms with Crippen LogP contribution in [0.5, 0.6) is 0 Å². The molecule has 1 heterocycles. The van der Waals surface area contributed by atoms with E-state index >= 15 is 0 Å². The summed E-state index contributed by atoms with van der Waals surface area (Å²) < 4.78 is 1.93. The highest BCUT2D eigenvalue weighted by Gasteiger charge is 2.14. The maximum atomic E-state index is 12.4. The number of benzene rings is 1. The number of hydrogen-bond donors (Lipinski definition) is 1. The van der Waals surface area contributed by atoms with E-state index in [1.165, 1.54) is 0 Å². The molecule has 0 saturated carbocycles. The number of carbonyl (C=O) groups is 1. The molecule has 0 unspecified atom stereocenters. The monoisotopic (exact) mass is 320 g/mol. The van der Waals surface area contributed by atoms with Crippen LogP contribution in [0.2, 0.25) is 5.02 Å². The second kappa shape index (κ2) is 7.84. The summed E-state index contributed by atoms with van der Waals surface area (Å²) in [4.78, 5) is 18.4. The molecule has 118 valence electrons. The molecule has 22 heavy (non-hydrogen) atoms. The smallest absolute Gasteiger partial charge is 0.318 e. The van der Waals surface area contributed by atoms with Gasteiger partial charge in [-0.25, -0.2) is 9.78 Å². The van der Waals surface area contributed by atoms with E-state index in [0.717, 1.165) is 17.8 Å². The van der Waals surface area contributed by atoms with E-state index in [0.29, 0.717) is 24.7 Å². The van der Waals surface area contributed by atoms with Gasteiger partial charge in [0.2, 0.25) is 0 Å². The number of amides is 2. The first-order valence-electron chi connectivity index (χ1n) is 7.33. The summed E-state index contributed by atoms with van der Waals surface area (Å²) in [6, 6.07) is 7.37. The summed E-state index contributed by atoms with van der Waals surface area (Å²) in [6.07, 6.45) is 4.52. The topological polar surface area (TPSA) is 50.2 Å². The van der Waals surface area contributed by atoms with Gasteiger partial charge in [-0.05, 0) is 24.1 Å². The van der Waals surface area contributed by atoms with Crippen LogP contribution in [0.25, 0.3) is 0 Å². The Morgan fingerprint density at radius 2 is 2.09 bits per heavy atom. The van der Waals surface area contributed by atoms with Gasteiger partial charge in [0, 0.05) is 37.6 Å². The second-order valence-corrected chi connectivity index (χ2v) is 5.60. The summed E-state index contributed by atoms with van der Waals surface area (Å²) >= 11 is 5.86. The third kappa shape index (κ3) is 4.49. The van der Waals surface area contributed by atoms with Crippen LogP contribution in [-0.2, 0) is 20.1 Å². The van der Waals surface area contributed by atoms with Gasteiger partial charge in [-0.1, -0.05) is 30.7 Å². The lowest BCUT2D eigenvalue weighted by Gasteiger charge is -2.22. The van der Waals surface area contributed by atoms with Crippen molar-refractivity contribution in [3.8, 4) is 0 Å². The van der Waals surface area contributed by atoms with E-state index in [4.69, 9.17) is 11.6 Å². The van der Waals surface area contributed by atoms with Crippen molar-refractivity contribution in [2.45, 2.75) is 26.4 Å². The molecule has 2 amide bonds. The van der Waals surface area contributed by atoms with Crippen molar-refractivity contribution in [2.75, 3.05) is 6.54 Å². The summed E-state index contributed by atoms with van der Waals surface area (Å²) in [6.45, 7) is 3.73. The second-order valence-electron chi connectivity index (χ2n) is 5.16. The molecule has 0 spiro atoms. The normalized spacial score (nSPS) is 10.5. The van der Waals surface area contributed by atoms with Gasteiger partial charge in [0.15, 0.2) is 0 Å². The average Bonchev–Trinajstić information content (AvgIpc) is 2.91. The number of imidazole rings is 1. The molecule has 6 heteroatoms. The fourth-order valence-electron chi connectivity index (χ4n) is 2.13. The van der Waals surface area contributed by atoms with Crippen molar-refractivity contribution in [3.05, 3.63) is 53.1 Å².